The number of nitrogens with zero attached hydrogens (tertiary/aromatic N) is 1. The predicted molar refractivity (Wildman–Crippen MR) is 68.0 cm³/mol. The summed E-state index contributed by atoms with van der Waals surface area (Å²) in [6, 6.07) is 3.97. The Balaban J connectivity index is 2.85. The molecule has 1 aromatic carbocycles. The highest BCUT2D eigenvalue weighted by Crippen LogP contribution is 2.22. The van der Waals surface area contributed by atoms with Crippen LogP contribution >= 0.6 is 0 Å². The average molecular weight is 236 g/mol. The Morgan fingerprint density at radius 3 is 2.47 bits per heavy atom. The van der Waals surface area contributed by atoms with Gasteiger partial charge >= 0.3 is 0 Å². The van der Waals surface area contributed by atoms with E-state index in [1.807, 2.05) is 26.0 Å². The fourth-order valence-electron chi connectivity index (χ4n) is 1.72. The molecule has 0 aromatic heterocycles. The van der Waals surface area contributed by atoms with E-state index < -0.39 is 0 Å². The number of carbonyl (C=O) groups is 1. The van der Waals surface area contributed by atoms with Crippen LogP contribution in [0.25, 0.3) is 0 Å². The van der Waals surface area contributed by atoms with Gasteiger partial charge < -0.3 is 4.74 Å². The van der Waals surface area contributed by atoms with Crippen molar-refractivity contribution >= 4 is 5.91 Å². The van der Waals surface area contributed by atoms with E-state index in [4.69, 9.17) is 4.74 Å². The summed E-state index contributed by atoms with van der Waals surface area (Å²) in [4.78, 5) is 11.7. The number of hydrogen-bond acceptors (Lipinski definition) is 3. The maximum atomic E-state index is 11.7. The molecule has 0 fully saturated rings. The second-order valence-electron chi connectivity index (χ2n) is 4.35. The van der Waals surface area contributed by atoms with E-state index in [1.165, 1.54) is 0 Å². The molecule has 0 heterocycles. The molecule has 1 rings (SSSR count). The molecule has 0 unspecified atom stereocenters. The largest absolute Gasteiger partial charge is 0.496 e. The van der Waals surface area contributed by atoms with Gasteiger partial charge in [0.2, 0.25) is 5.91 Å². The summed E-state index contributed by atoms with van der Waals surface area (Å²) >= 11 is 0. The quantitative estimate of drug-likeness (QED) is 0.804. The highest BCUT2D eigenvalue weighted by Gasteiger charge is 2.09. The maximum absolute atomic E-state index is 11.7. The number of benzene rings is 1. The minimum Gasteiger partial charge on any atom is -0.496 e. The standard InChI is InChI=1S/C13H20N2O2/c1-9-7-12(17-5)10(2)6-11(9)8-13(16)14-15(3)4/h6-7H,8H2,1-5H3,(H,14,16). The van der Waals surface area contributed by atoms with Gasteiger partial charge in [0.1, 0.15) is 5.75 Å². The highest BCUT2D eigenvalue weighted by molar-refractivity contribution is 5.78. The van der Waals surface area contributed by atoms with Crippen LogP contribution in [0.4, 0.5) is 0 Å². The zero-order valence-corrected chi connectivity index (χ0v) is 11.1. The van der Waals surface area contributed by atoms with E-state index in [-0.39, 0.29) is 5.91 Å². The van der Waals surface area contributed by atoms with Gasteiger partial charge in [-0.3, -0.25) is 10.2 Å². The van der Waals surface area contributed by atoms with Crippen molar-refractivity contribution in [1.29, 1.82) is 0 Å². The first-order chi connectivity index (χ1) is 7.93. The highest BCUT2D eigenvalue weighted by atomic mass is 16.5. The van der Waals surface area contributed by atoms with E-state index in [2.05, 4.69) is 5.43 Å². The van der Waals surface area contributed by atoms with E-state index in [0.717, 1.165) is 22.4 Å². The van der Waals surface area contributed by atoms with Crippen molar-refractivity contribution in [1.82, 2.24) is 10.4 Å². The Morgan fingerprint density at radius 2 is 1.94 bits per heavy atom. The molecule has 0 saturated carbocycles. The van der Waals surface area contributed by atoms with Crippen LogP contribution in [-0.4, -0.2) is 32.1 Å². The van der Waals surface area contributed by atoms with Gasteiger partial charge in [0, 0.05) is 14.1 Å². The molecule has 4 heteroatoms. The molecule has 1 N–H and O–H groups in total. The number of rotatable bonds is 4. The summed E-state index contributed by atoms with van der Waals surface area (Å²) in [5.41, 5.74) is 5.88. The van der Waals surface area contributed by atoms with Crippen LogP contribution in [0.3, 0.4) is 0 Å². The van der Waals surface area contributed by atoms with Crippen molar-refractivity contribution in [2.45, 2.75) is 20.3 Å². The number of ether oxygens (including phenoxy) is 1. The average Bonchev–Trinajstić information content (AvgIpc) is 2.21. The lowest BCUT2D eigenvalue weighted by atomic mass is 10.0. The third-order valence-electron chi connectivity index (χ3n) is 2.55. The Labute approximate surface area is 103 Å². The van der Waals surface area contributed by atoms with Gasteiger partial charge in [0.05, 0.1) is 13.5 Å². The van der Waals surface area contributed by atoms with E-state index in [1.54, 1.807) is 26.2 Å². The van der Waals surface area contributed by atoms with Gasteiger partial charge in [-0.15, -0.1) is 0 Å². The van der Waals surface area contributed by atoms with Crippen LogP contribution in [0.5, 0.6) is 5.75 Å². The topological polar surface area (TPSA) is 41.6 Å². The fraction of sp³-hybridized carbons (Fsp3) is 0.462. The number of methoxy groups -OCH3 is 1. The first-order valence-electron chi connectivity index (χ1n) is 5.55. The molecule has 0 spiro atoms. The van der Waals surface area contributed by atoms with Crippen molar-refractivity contribution in [2.24, 2.45) is 0 Å². The molecule has 4 nitrogen and oxygen atoms in total. The summed E-state index contributed by atoms with van der Waals surface area (Å²) in [6.45, 7) is 3.96. The SMILES string of the molecule is COc1cc(C)c(CC(=O)NN(C)C)cc1C. The van der Waals surface area contributed by atoms with Crippen LogP contribution in [0.1, 0.15) is 16.7 Å². The van der Waals surface area contributed by atoms with E-state index in [9.17, 15) is 4.79 Å². The zero-order valence-electron chi connectivity index (χ0n) is 11.1. The summed E-state index contributed by atoms with van der Waals surface area (Å²) in [5, 5.41) is 1.65. The lowest BCUT2D eigenvalue weighted by molar-refractivity contribution is -0.124. The van der Waals surface area contributed by atoms with Crippen LogP contribution in [0.2, 0.25) is 0 Å². The monoisotopic (exact) mass is 236 g/mol. The third-order valence-corrected chi connectivity index (χ3v) is 2.55. The Kier molecular flexibility index (Phi) is 4.52. The molecular weight excluding hydrogens is 216 g/mol. The number of hydrazine groups is 1. The predicted octanol–water partition coefficient (Wildman–Crippen LogP) is 1.45. The number of hydrogen-bond donors (Lipinski definition) is 1. The van der Waals surface area contributed by atoms with Crippen LogP contribution in [0.15, 0.2) is 12.1 Å². The Bertz CT molecular complexity index is 414. The van der Waals surface area contributed by atoms with Crippen molar-refractivity contribution < 1.29 is 9.53 Å². The summed E-state index contributed by atoms with van der Waals surface area (Å²) in [6.07, 6.45) is 0.384. The van der Waals surface area contributed by atoms with Gasteiger partial charge in [0.25, 0.3) is 0 Å². The number of aryl methyl sites for hydroxylation is 2. The molecule has 0 bridgehead atoms. The molecule has 0 aliphatic heterocycles. The second-order valence-corrected chi connectivity index (χ2v) is 4.35. The minimum absolute atomic E-state index is 0.0114. The van der Waals surface area contributed by atoms with Crippen LogP contribution in [-0.2, 0) is 11.2 Å². The molecule has 0 aliphatic rings. The van der Waals surface area contributed by atoms with Gasteiger partial charge in [-0.1, -0.05) is 6.07 Å². The molecule has 0 aliphatic carbocycles. The van der Waals surface area contributed by atoms with Crippen LogP contribution in [0, 0.1) is 13.8 Å². The molecule has 1 amide bonds. The first-order valence-corrected chi connectivity index (χ1v) is 5.55. The Hall–Kier alpha value is -1.55. The van der Waals surface area contributed by atoms with Gasteiger partial charge in [0.15, 0.2) is 0 Å². The van der Waals surface area contributed by atoms with E-state index >= 15 is 0 Å². The van der Waals surface area contributed by atoms with Crippen molar-refractivity contribution in [3.05, 3.63) is 28.8 Å². The fourth-order valence-corrected chi connectivity index (χ4v) is 1.72. The second kappa shape index (κ2) is 5.68. The van der Waals surface area contributed by atoms with E-state index in [0.29, 0.717) is 6.42 Å². The number of nitrogens with one attached hydrogen (secondary N) is 1. The molecule has 0 saturated heterocycles. The van der Waals surface area contributed by atoms with Gasteiger partial charge in [-0.05, 0) is 36.6 Å². The number of carbonyl (C=O) groups excluding carboxylic acids is 1. The summed E-state index contributed by atoms with van der Waals surface area (Å²) < 4.78 is 5.24. The third kappa shape index (κ3) is 3.75. The molecule has 94 valence electrons. The van der Waals surface area contributed by atoms with Crippen molar-refractivity contribution in [2.75, 3.05) is 21.2 Å². The normalized spacial score (nSPS) is 10.5. The summed E-state index contributed by atoms with van der Waals surface area (Å²) in [5.74, 6) is 0.849. The lowest BCUT2D eigenvalue weighted by Gasteiger charge is -2.14. The maximum Gasteiger partial charge on any atom is 0.238 e. The van der Waals surface area contributed by atoms with Gasteiger partial charge in [-0.25, -0.2) is 5.01 Å². The summed E-state index contributed by atoms with van der Waals surface area (Å²) in [7, 11) is 5.24. The molecule has 0 radical (unpaired) electrons. The zero-order chi connectivity index (χ0) is 13.0. The molecule has 1 aromatic rings. The number of amides is 1. The smallest absolute Gasteiger partial charge is 0.238 e. The Morgan fingerprint density at radius 1 is 1.29 bits per heavy atom. The van der Waals surface area contributed by atoms with Gasteiger partial charge in [-0.2, -0.15) is 0 Å². The molecule has 17 heavy (non-hydrogen) atoms. The minimum atomic E-state index is -0.0114. The lowest BCUT2D eigenvalue weighted by Crippen LogP contribution is -2.37. The van der Waals surface area contributed by atoms with Crippen molar-refractivity contribution in [3.63, 3.8) is 0 Å². The van der Waals surface area contributed by atoms with Crippen LogP contribution < -0.4 is 10.2 Å². The first kappa shape index (κ1) is 13.5. The molecular formula is C13H20N2O2. The molecule has 0 atom stereocenters. The van der Waals surface area contributed by atoms with Crippen molar-refractivity contribution in [3.8, 4) is 5.75 Å².